The van der Waals surface area contributed by atoms with Gasteiger partial charge in [0.15, 0.2) is 0 Å². The van der Waals surface area contributed by atoms with Crippen molar-refractivity contribution in [1.82, 2.24) is 10.2 Å². The van der Waals surface area contributed by atoms with Crippen molar-refractivity contribution >= 4 is 0 Å². The highest BCUT2D eigenvalue weighted by atomic mass is 16.5. The van der Waals surface area contributed by atoms with Gasteiger partial charge < -0.3 is 14.5 Å². The molecule has 1 N–H and O–H groups in total. The molecule has 1 rings (SSSR count). The van der Waals surface area contributed by atoms with Crippen LogP contribution in [-0.2, 0) is 17.8 Å². The van der Waals surface area contributed by atoms with Gasteiger partial charge >= 0.3 is 0 Å². The van der Waals surface area contributed by atoms with Crippen LogP contribution in [0.5, 0.6) is 0 Å². The lowest BCUT2D eigenvalue weighted by Gasteiger charge is -2.23. The number of furan rings is 1. The first-order valence-electron chi connectivity index (χ1n) is 6.14. The second kappa shape index (κ2) is 7.48. The predicted octanol–water partition coefficient (Wildman–Crippen LogP) is 1.86. The summed E-state index contributed by atoms with van der Waals surface area (Å²) in [6.45, 7) is 7.65. The number of hydrogen-bond acceptors (Lipinski definition) is 4. The van der Waals surface area contributed by atoms with Crippen molar-refractivity contribution in [2.24, 2.45) is 0 Å². The number of hydrogen-bond donors (Lipinski definition) is 1. The molecular weight excluding hydrogens is 216 g/mol. The zero-order chi connectivity index (χ0) is 12.7. The minimum atomic E-state index is 0.386. The van der Waals surface area contributed by atoms with Crippen LogP contribution in [0.2, 0.25) is 0 Å². The summed E-state index contributed by atoms with van der Waals surface area (Å²) in [5, 5.41) is 3.32. The summed E-state index contributed by atoms with van der Waals surface area (Å²) in [5.74, 6) is 1.04. The van der Waals surface area contributed by atoms with Crippen molar-refractivity contribution in [1.29, 1.82) is 0 Å². The van der Waals surface area contributed by atoms with Gasteiger partial charge in [-0.1, -0.05) is 6.92 Å². The summed E-state index contributed by atoms with van der Waals surface area (Å²) >= 11 is 0. The fourth-order valence-corrected chi connectivity index (χ4v) is 1.67. The molecule has 1 aromatic rings. The SMILES string of the molecule is CCNCc1ccoc1CN(C)C(C)COC. The monoisotopic (exact) mass is 240 g/mol. The lowest BCUT2D eigenvalue weighted by atomic mass is 10.2. The van der Waals surface area contributed by atoms with E-state index in [1.807, 2.05) is 6.07 Å². The molecule has 0 aliphatic rings. The van der Waals surface area contributed by atoms with Crippen LogP contribution in [0.25, 0.3) is 0 Å². The van der Waals surface area contributed by atoms with Crippen LogP contribution in [0.15, 0.2) is 16.7 Å². The lowest BCUT2D eigenvalue weighted by Crippen LogP contribution is -2.32. The molecule has 4 heteroatoms. The summed E-state index contributed by atoms with van der Waals surface area (Å²) in [4.78, 5) is 2.23. The average molecular weight is 240 g/mol. The molecule has 0 saturated carbocycles. The van der Waals surface area contributed by atoms with Crippen LogP contribution in [-0.4, -0.2) is 38.3 Å². The predicted molar refractivity (Wildman–Crippen MR) is 68.9 cm³/mol. The molecule has 0 saturated heterocycles. The smallest absolute Gasteiger partial charge is 0.122 e. The lowest BCUT2D eigenvalue weighted by molar-refractivity contribution is 0.107. The molecule has 4 nitrogen and oxygen atoms in total. The number of rotatable bonds is 8. The third-order valence-electron chi connectivity index (χ3n) is 2.96. The van der Waals surface area contributed by atoms with Gasteiger partial charge in [0.1, 0.15) is 5.76 Å². The summed E-state index contributed by atoms with van der Waals surface area (Å²) in [6, 6.07) is 2.42. The summed E-state index contributed by atoms with van der Waals surface area (Å²) in [7, 11) is 3.82. The maximum Gasteiger partial charge on any atom is 0.122 e. The number of methoxy groups -OCH3 is 1. The zero-order valence-corrected chi connectivity index (χ0v) is 11.3. The van der Waals surface area contributed by atoms with Gasteiger partial charge in [0.25, 0.3) is 0 Å². The van der Waals surface area contributed by atoms with E-state index in [1.54, 1.807) is 13.4 Å². The number of nitrogens with one attached hydrogen (secondary N) is 1. The van der Waals surface area contributed by atoms with Gasteiger partial charge in [-0.15, -0.1) is 0 Å². The number of likely N-dealkylation sites (N-methyl/N-ethyl adjacent to an activating group) is 1. The van der Waals surface area contributed by atoms with E-state index in [1.165, 1.54) is 5.56 Å². The van der Waals surface area contributed by atoms with Crippen molar-refractivity contribution in [3.05, 3.63) is 23.7 Å². The van der Waals surface area contributed by atoms with E-state index in [4.69, 9.17) is 9.15 Å². The summed E-state index contributed by atoms with van der Waals surface area (Å²) < 4.78 is 10.7. The minimum Gasteiger partial charge on any atom is -0.468 e. The largest absolute Gasteiger partial charge is 0.468 e. The molecule has 0 aromatic carbocycles. The molecule has 1 aromatic heterocycles. The summed E-state index contributed by atoms with van der Waals surface area (Å²) in [6.07, 6.45) is 1.76. The first kappa shape index (κ1) is 14.2. The zero-order valence-electron chi connectivity index (χ0n) is 11.3. The Morgan fingerprint density at radius 3 is 2.94 bits per heavy atom. The molecule has 0 amide bonds. The van der Waals surface area contributed by atoms with Gasteiger partial charge in [-0.05, 0) is 26.6 Å². The molecule has 17 heavy (non-hydrogen) atoms. The maximum absolute atomic E-state index is 5.54. The van der Waals surface area contributed by atoms with Crippen molar-refractivity contribution in [3.8, 4) is 0 Å². The molecule has 0 fully saturated rings. The van der Waals surface area contributed by atoms with Crippen LogP contribution >= 0.6 is 0 Å². The van der Waals surface area contributed by atoms with E-state index >= 15 is 0 Å². The van der Waals surface area contributed by atoms with Gasteiger partial charge in [-0.3, -0.25) is 4.90 Å². The van der Waals surface area contributed by atoms with Crippen LogP contribution in [0.1, 0.15) is 25.2 Å². The first-order chi connectivity index (χ1) is 8.19. The molecule has 98 valence electrons. The van der Waals surface area contributed by atoms with E-state index in [-0.39, 0.29) is 0 Å². The van der Waals surface area contributed by atoms with Crippen LogP contribution < -0.4 is 5.32 Å². The molecule has 1 unspecified atom stereocenters. The third-order valence-corrected chi connectivity index (χ3v) is 2.96. The van der Waals surface area contributed by atoms with Gasteiger partial charge in [0.2, 0.25) is 0 Å². The molecule has 1 atom stereocenters. The van der Waals surface area contributed by atoms with E-state index < -0.39 is 0 Å². The Hall–Kier alpha value is -0.840. The average Bonchev–Trinajstić information content (AvgIpc) is 2.74. The second-order valence-corrected chi connectivity index (χ2v) is 4.37. The third kappa shape index (κ3) is 4.50. The van der Waals surface area contributed by atoms with Gasteiger partial charge in [0.05, 0.1) is 19.4 Å². The van der Waals surface area contributed by atoms with E-state index in [0.717, 1.165) is 32.0 Å². The minimum absolute atomic E-state index is 0.386. The Kier molecular flexibility index (Phi) is 6.26. The van der Waals surface area contributed by atoms with Gasteiger partial charge in [-0.2, -0.15) is 0 Å². The normalized spacial score (nSPS) is 13.2. The molecular formula is C13H24N2O2. The fraction of sp³-hybridized carbons (Fsp3) is 0.692. The van der Waals surface area contributed by atoms with Crippen molar-refractivity contribution in [3.63, 3.8) is 0 Å². The molecule has 0 spiro atoms. The van der Waals surface area contributed by atoms with Crippen molar-refractivity contribution < 1.29 is 9.15 Å². The van der Waals surface area contributed by atoms with E-state index in [0.29, 0.717) is 6.04 Å². The Morgan fingerprint density at radius 1 is 1.53 bits per heavy atom. The number of nitrogens with zero attached hydrogens (tertiary/aromatic N) is 1. The van der Waals surface area contributed by atoms with Crippen LogP contribution in [0, 0.1) is 0 Å². The molecule has 0 aliphatic carbocycles. The quantitative estimate of drug-likeness (QED) is 0.752. The Labute approximate surface area is 104 Å². The highest BCUT2D eigenvalue weighted by molar-refractivity contribution is 5.16. The second-order valence-electron chi connectivity index (χ2n) is 4.37. The topological polar surface area (TPSA) is 37.6 Å². The Bertz CT molecular complexity index is 312. The standard InChI is InChI=1S/C13H24N2O2/c1-5-14-8-12-6-7-17-13(12)9-15(3)11(2)10-16-4/h6-7,11,14H,5,8-10H2,1-4H3. The number of ether oxygens (including phenoxy) is 1. The summed E-state index contributed by atoms with van der Waals surface area (Å²) in [5.41, 5.74) is 1.24. The molecule has 0 bridgehead atoms. The highest BCUT2D eigenvalue weighted by Gasteiger charge is 2.13. The fourth-order valence-electron chi connectivity index (χ4n) is 1.67. The van der Waals surface area contributed by atoms with E-state index in [2.05, 4.69) is 31.1 Å². The van der Waals surface area contributed by atoms with E-state index in [9.17, 15) is 0 Å². The molecule has 1 heterocycles. The van der Waals surface area contributed by atoms with Crippen LogP contribution in [0.3, 0.4) is 0 Å². The van der Waals surface area contributed by atoms with Gasteiger partial charge in [-0.25, -0.2) is 0 Å². The van der Waals surface area contributed by atoms with Gasteiger partial charge in [0, 0.05) is 25.3 Å². The highest BCUT2D eigenvalue weighted by Crippen LogP contribution is 2.14. The molecule has 0 radical (unpaired) electrons. The first-order valence-corrected chi connectivity index (χ1v) is 6.14. The molecule has 0 aliphatic heterocycles. The van der Waals surface area contributed by atoms with Crippen molar-refractivity contribution in [2.75, 3.05) is 27.3 Å². The van der Waals surface area contributed by atoms with Crippen LogP contribution in [0.4, 0.5) is 0 Å². The maximum atomic E-state index is 5.54. The Balaban J connectivity index is 2.52. The van der Waals surface area contributed by atoms with Crippen molar-refractivity contribution in [2.45, 2.75) is 33.0 Å². The Morgan fingerprint density at radius 2 is 2.29 bits per heavy atom.